The highest BCUT2D eigenvalue weighted by atomic mass is 16.3. The van der Waals surface area contributed by atoms with Gasteiger partial charge in [0.2, 0.25) is 0 Å². The lowest BCUT2D eigenvalue weighted by molar-refractivity contribution is 0.465. The highest BCUT2D eigenvalue weighted by Gasteiger charge is 2.13. The molecule has 0 saturated heterocycles. The molecular weight excluding hydrogens is 344 g/mol. The number of rotatable bonds is 5. The number of hydrogen-bond acceptors (Lipinski definition) is 3. The van der Waals surface area contributed by atoms with Gasteiger partial charge >= 0.3 is 0 Å². The van der Waals surface area contributed by atoms with Gasteiger partial charge in [-0.25, -0.2) is 0 Å². The predicted octanol–water partition coefficient (Wildman–Crippen LogP) is 5.97. The fourth-order valence-corrected chi connectivity index (χ4v) is 3.93. The Hall–Kier alpha value is -2.94. The summed E-state index contributed by atoms with van der Waals surface area (Å²) >= 11 is 0. The van der Waals surface area contributed by atoms with Gasteiger partial charge in [0.1, 0.15) is 5.75 Å². The minimum Gasteiger partial charge on any atom is -0.508 e. The van der Waals surface area contributed by atoms with Gasteiger partial charge in [0.25, 0.3) is 0 Å². The van der Waals surface area contributed by atoms with E-state index >= 15 is 0 Å². The van der Waals surface area contributed by atoms with E-state index in [-0.39, 0.29) is 6.04 Å². The predicted molar refractivity (Wildman–Crippen MR) is 119 cm³/mol. The summed E-state index contributed by atoms with van der Waals surface area (Å²) in [6.45, 7) is 10.5. The smallest absolute Gasteiger partial charge is 0.120 e. The van der Waals surface area contributed by atoms with Gasteiger partial charge in [0, 0.05) is 16.9 Å². The molecule has 0 aliphatic heterocycles. The molecule has 146 valence electrons. The molecule has 0 aliphatic rings. The molecule has 0 aliphatic carbocycles. The van der Waals surface area contributed by atoms with Crippen LogP contribution < -0.4 is 11.1 Å². The number of anilines is 2. The molecule has 28 heavy (non-hydrogen) atoms. The summed E-state index contributed by atoms with van der Waals surface area (Å²) < 4.78 is 0. The lowest BCUT2D eigenvalue weighted by Crippen LogP contribution is -2.09. The Bertz CT molecular complexity index is 961. The summed E-state index contributed by atoms with van der Waals surface area (Å²) in [6.07, 6.45) is 0.888. The van der Waals surface area contributed by atoms with Crippen LogP contribution in [-0.2, 0) is 6.42 Å². The number of phenols is 1. The van der Waals surface area contributed by atoms with Crippen LogP contribution in [0.15, 0.2) is 48.5 Å². The minimum absolute atomic E-state index is 0.0202. The molecule has 3 aromatic rings. The zero-order chi connectivity index (χ0) is 20.4. The van der Waals surface area contributed by atoms with Crippen molar-refractivity contribution in [3.63, 3.8) is 0 Å². The van der Waals surface area contributed by atoms with Gasteiger partial charge in [0.15, 0.2) is 0 Å². The van der Waals surface area contributed by atoms with E-state index < -0.39 is 0 Å². The van der Waals surface area contributed by atoms with E-state index in [1.165, 1.54) is 22.3 Å². The number of aryl methyl sites for hydroxylation is 4. The molecule has 3 aromatic carbocycles. The molecule has 3 rings (SSSR count). The lowest BCUT2D eigenvalue weighted by atomic mass is 9.96. The van der Waals surface area contributed by atoms with Crippen molar-refractivity contribution in [2.45, 2.75) is 47.1 Å². The fraction of sp³-hybridized carbons (Fsp3) is 0.280. The Morgan fingerprint density at radius 1 is 0.857 bits per heavy atom. The summed E-state index contributed by atoms with van der Waals surface area (Å²) in [7, 11) is 0. The van der Waals surface area contributed by atoms with E-state index in [0.29, 0.717) is 5.75 Å². The number of nitrogen functional groups attached to an aromatic ring is 1. The fourth-order valence-electron chi connectivity index (χ4n) is 3.93. The molecule has 0 fully saturated rings. The van der Waals surface area contributed by atoms with Crippen molar-refractivity contribution in [2.24, 2.45) is 0 Å². The van der Waals surface area contributed by atoms with Crippen molar-refractivity contribution in [1.82, 2.24) is 0 Å². The van der Waals surface area contributed by atoms with Crippen LogP contribution in [0.3, 0.4) is 0 Å². The maximum Gasteiger partial charge on any atom is 0.120 e. The average Bonchev–Trinajstić information content (AvgIpc) is 2.63. The van der Waals surface area contributed by atoms with Gasteiger partial charge in [-0.1, -0.05) is 42.5 Å². The zero-order valence-electron chi connectivity index (χ0n) is 17.4. The van der Waals surface area contributed by atoms with Crippen molar-refractivity contribution in [2.75, 3.05) is 11.1 Å². The van der Waals surface area contributed by atoms with Crippen LogP contribution in [0.1, 0.15) is 51.9 Å². The van der Waals surface area contributed by atoms with Crippen molar-refractivity contribution in [3.05, 3.63) is 87.5 Å². The van der Waals surface area contributed by atoms with Gasteiger partial charge in [-0.2, -0.15) is 0 Å². The third-order valence-corrected chi connectivity index (χ3v) is 5.42. The van der Waals surface area contributed by atoms with Gasteiger partial charge in [0.05, 0.1) is 6.04 Å². The average molecular weight is 375 g/mol. The molecule has 0 aromatic heterocycles. The first-order chi connectivity index (χ1) is 13.3. The molecular formula is C25H30N2O. The molecule has 0 amide bonds. The van der Waals surface area contributed by atoms with Crippen LogP contribution in [0.25, 0.3) is 0 Å². The summed E-state index contributed by atoms with van der Waals surface area (Å²) in [5.74, 6) is 0.323. The van der Waals surface area contributed by atoms with Crippen LogP contribution in [0, 0.1) is 27.7 Å². The van der Waals surface area contributed by atoms with Crippen LogP contribution in [-0.4, -0.2) is 5.11 Å². The topological polar surface area (TPSA) is 58.3 Å². The Morgan fingerprint density at radius 2 is 1.36 bits per heavy atom. The molecule has 1 atom stereocenters. The van der Waals surface area contributed by atoms with E-state index in [4.69, 9.17) is 5.73 Å². The summed E-state index contributed by atoms with van der Waals surface area (Å²) in [5.41, 5.74) is 16.3. The number of aromatic hydroxyl groups is 1. The highest BCUT2D eigenvalue weighted by molar-refractivity contribution is 5.61. The number of nitrogens with two attached hydrogens (primary N) is 1. The molecule has 0 spiro atoms. The second kappa shape index (κ2) is 7.97. The molecule has 0 saturated carbocycles. The van der Waals surface area contributed by atoms with Crippen molar-refractivity contribution >= 4 is 11.4 Å². The molecule has 4 N–H and O–H groups in total. The Balaban J connectivity index is 1.84. The normalized spacial score (nSPS) is 12.0. The maximum absolute atomic E-state index is 10.1. The number of hydrogen-bond donors (Lipinski definition) is 3. The molecule has 3 nitrogen and oxygen atoms in total. The Morgan fingerprint density at radius 3 is 1.89 bits per heavy atom. The standard InChI is InChI=1S/C25H30N2O/c1-15-10-20(11-16(2)24(15)26)14-21-12-17(3)25(18(4)13-21)27-19(5)22-8-6-7-9-23(22)28/h6-13,19,27-28H,14,26H2,1-5H3. The lowest BCUT2D eigenvalue weighted by Gasteiger charge is -2.21. The van der Waals surface area contributed by atoms with Crippen LogP contribution in [0.2, 0.25) is 0 Å². The quantitative estimate of drug-likeness (QED) is 0.482. The first-order valence-electron chi connectivity index (χ1n) is 9.76. The molecule has 0 radical (unpaired) electrons. The maximum atomic E-state index is 10.1. The largest absolute Gasteiger partial charge is 0.508 e. The van der Waals surface area contributed by atoms with Crippen molar-refractivity contribution in [1.29, 1.82) is 0 Å². The van der Waals surface area contributed by atoms with Crippen LogP contribution in [0.5, 0.6) is 5.75 Å². The second-order valence-corrected chi connectivity index (χ2v) is 7.85. The van der Waals surface area contributed by atoms with Crippen LogP contribution in [0.4, 0.5) is 11.4 Å². The van der Waals surface area contributed by atoms with Crippen molar-refractivity contribution < 1.29 is 5.11 Å². The Kier molecular flexibility index (Phi) is 5.64. The van der Waals surface area contributed by atoms with Crippen molar-refractivity contribution in [3.8, 4) is 5.75 Å². The zero-order valence-corrected chi connectivity index (χ0v) is 17.4. The van der Waals surface area contributed by atoms with Gasteiger partial charge in [-0.3, -0.25) is 0 Å². The number of benzene rings is 3. The summed E-state index contributed by atoms with van der Waals surface area (Å²) in [5, 5.41) is 13.7. The van der Waals surface area contributed by atoms with Gasteiger partial charge < -0.3 is 16.2 Å². The van der Waals surface area contributed by atoms with Crippen LogP contribution >= 0.6 is 0 Å². The molecule has 3 heteroatoms. The van der Waals surface area contributed by atoms with E-state index in [0.717, 1.165) is 34.5 Å². The van der Waals surface area contributed by atoms with Gasteiger partial charge in [-0.15, -0.1) is 0 Å². The monoisotopic (exact) mass is 374 g/mol. The molecule has 0 bridgehead atoms. The first-order valence-corrected chi connectivity index (χ1v) is 9.76. The summed E-state index contributed by atoms with van der Waals surface area (Å²) in [4.78, 5) is 0. The molecule has 0 heterocycles. The number of phenolic OH excluding ortho intramolecular Hbond substituents is 1. The van der Waals surface area contributed by atoms with E-state index in [9.17, 15) is 5.11 Å². The highest BCUT2D eigenvalue weighted by Crippen LogP contribution is 2.31. The van der Waals surface area contributed by atoms with Gasteiger partial charge in [-0.05, 0) is 80.5 Å². The minimum atomic E-state index is 0.0202. The Labute approximate surface area is 168 Å². The van der Waals surface area contributed by atoms with E-state index in [1.807, 2.05) is 18.2 Å². The number of nitrogens with one attached hydrogen (secondary N) is 1. The third-order valence-electron chi connectivity index (χ3n) is 5.42. The van der Waals surface area contributed by atoms with E-state index in [2.05, 4.69) is 64.2 Å². The third kappa shape index (κ3) is 4.14. The summed E-state index contributed by atoms with van der Waals surface area (Å²) in [6, 6.07) is 16.3. The number of para-hydroxylation sites is 1. The molecule has 1 unspecified atom stereocenters. The van der Waals surface area contributed by atoms with E-state index in [1.54, 1.807) is 6.07 Å². The SMILES string of the molecule is Cc1cc(Cc2cc(C)c(NC(C)c3ccccc3O)c(C)c2)cc(C)c1N. The second-order valence-electron chi connectivity index (χ2n) is 7.85. The first kappa shape index (κ1) is 19.8.